The fraction of sp³-hybridized carbons (Fsp3) is 0.333. The molecule has 0 unspecified atom stereocenters. The van der Waals surface area contributed by atoms with E-state index in [-0.39, 0.29) is 5.82 Å². The molecule has 106 valence electrons. The molecular formula is C15H19FN4. The first-order valence-corrected chi connectivity index (χ1v) is 6.64. The van der Waals surface area contributed by atoms with Gasteiger partial charge in [-0.15, -0.1) is 0 Å². The Morgan fingerprint density at radius 3 is 2.80 bits per heavy atom. The van der Waals surface area contributed by atoms with E-state index in [2.05, 4.69) is 22.2 Å². The highest BCUT2D eigenvalue weighted by atomic mass is 19.1. The van der Waals surface area contributed by atoms with Crippen molar-refractivity contribution >= 4 is 11.6 Å². The van der Waals surface area contributed by atoms with Gasteiger partial charge in [-0.1, -0.05) is 13.0 Å². The van der Waals surface area contributed by atoms with Crippen LogP contribution in [0.5, 0.6) is 0 Å². The molecule has 0 aliphatic rings. The lowest BCUT2D eigenvalue weighted by Gasteiger charge is -2.18. The maximum Gasteiger partial charge on any atom is 0.229 e. The Hall–Kier alpha value is -2.01. The van der Waals surface area contributed by atoms with Gasteiger partial charge in [0, 0.05) is 36.7 Å². The topological polar surface area (TPSA) is 41.1 Å². The highest BCUT2D eigenvalue weighted by molar-refractivity contribution is 5.56. The van der Waals surface area contributed by atoms with Crippen LogP contribution in [0.3, 0.4) is 0 Å². The fourth-order valence-corrected chi connectivity index (χ4v) is 1.87. The summed E-state index contributed by atoms with van der Waals surface area (Å²) < 4.78 is 13.3. The summed E-state index contributed by atoms with van der Waals surface area (Å²) in [6.07, 6.45) is 1.82. The molecule has 0 fully saturated rings. The summed E-state index contributed by atoms with van der Waals surface area (Å²) in [6.45, 7) is 5.68. The zero-order valence-electron chi connectivity index (χ0n) is 12.0. The number of anilines is 2. The van der Waals surface area contributed by atoms with Crippen LogP contribution in [0.4, 0.5) is 16.0 Å². The van der Waals surface area contributed by atoms with Crippen molar-refractivity contribution in [2.75, 3.05) is 18.5 Å². The van der Waals surface area contributed by atoms with Gasteiger partial charge in [-0.25, -0.2) is 14.4 Å². The van der Waals surface area contributed by atoms with Crippen molar-refractivity contribution in [3.8, 4) is 0 Å². The summed E-state index contributed by atoms with van der Waals surface area (Å²) >= 11 is 0. The molecule has 1 aromatic carbocycles. The number of hydrogen-bond acceptors (Lipinski definition) is 4. The van der Waals surface area contributed by atoms with E-state index in [1.54, 1.807) is 11.0 Å². The van der Waals surface area contributed by atoms with Gasteiger partial charge in [-0.2, -0.15) is 0 Å². The molecule has 0 amide bonds. The van der Waals surface area contributed by atoms with Crippen LogP contribution in [0.1, 0.15) is 18.2 Å². The minimum Gasteiger partial charge on any atom is -0.314 e. The third-order valence-corrected chi connectivity index (χ3v) is 3.13. The summed E-state index contributed by atoms with van der Waals surface area (Å²) in [5.41, 5.74) is 2.73. The molecule has 0 atom stereocenters. The van der Waals surface area contributed by atoms with Crippen molar-refractivity contribution in [1.29, 1.82) is 0 Å². The highest BCUT2D eigenvalue weighted by Gasteiger charge is 2.09. The molecule has 0 radical (unpaired) electrons. The molecule has 2 aromatic rings. The Labute approximate surface area is 118 Å². The molecule has 4 nitrogen and oxygen atoms in total. The van der Waals surface area contributed by atoms with Gasteiger partial charge < -0.3 is 10.2 Å². The van der Waals surface area contributed by atoms with E-state index in [1.165, 1.54) is 12.1 Å². The third-order valence-electron chi connectivity index (χ3n) is 3.13. The number of aromatic nitrogens is 2. The predicted octanol–water partition coefficient (Wildman–Crippen LogP) is 2.80. The molecule has 1 aromatic heterocycles. The van der Waals surface area contributed by atoms with Crippen molar-refractivity contribution < 1.29 is 4.39 Å². The molecule has 5 heteroatoms. The number of halogens is 1. The Bertz CT molecular complexity index is 586. The number of nitrogens with zero attached hydrogens (tertiary/aromatic N) is 3. The summed E-state index contributed by atoms with van der Waals surface area (Å²) in [4.78, 5) is 10.6. The van der Waals surface area contributed by atoms with E-state index in [9.17, 15) is 4.39 Å². The molecule has 0 aliphatic carbocycles. The van der Waals surface area contributed by atoms with Gasteiger partial charge in [0.15, 0.2) is 0 Å². The van der Waals surface area contributed by atoms with Crippen LogP contribution in [0, 0.1) is 12.7 Å². The van der Waals surface area contributed by atoms with E-state index >= 15 is 0 Å². The summed E-state index contributed by atoms with van der Waals surface area (Å²) in [7, 11) is 1.83. The SMILES string of the molecule is CCNCc1cnc(N(C)c2cccc(F)c2)nc1C. The quantitative estimate of drug-likeness (QED) is 0.910. The van der Waals surface area contributed by atoms with E-state index in [1.807, 2.05) is 26.2 Å². The average Bonchev–Trinajstić information content (AvgIpc) is 2.45. The van der Waals surface area contributed by atoms with Crippen LogP contribution in [0.15, 0.2) is 30.5 Å². The molecule has 0 spiro atoms. The molecule has 0 saturated heterocycles. The molecule has 0 saturated carbocycles. The van der Waals surface area contributed by atoms with E-state index in [4.69, 9.17) is 0 Å². The summed E-state index contributed by atoms with van der Waals surface area (Å²) in [5, 5.41) is 3.25. The van der Waals surface area contributed by atoms with Crippen molar-refractivity contribution in [2.24, 2.45) is 0 Å². The predicted molar refractivity (Wildman–Crippen MR) is 78.6 cm³/mol. The first-order chi connectivity index (χ1) is 9.61. The maximum absolute atomic E-state index is 13.3. The van der Waals surface area contributed by atoms with Gasteiger partial charge in [0.2, 0.25) is 5.95 Å². The molecule has 0 aliphatic heterocycles. The van der Waals surface area contributed by atoms with E-state index in [0.29, 0.717) is 5.95 Å². The summed E-state index contributed by atoms with van der Waals surface area (Å²) in [5.74, 6) is 0.295. The lowest BCUT2D eigenvalue weighted by atomic mass is 10.2. The van der Waals surface area contributed by atoms with Gasteiger partial charge in [0.1, 0.15) is 5.82 Å². The largest absolute Gasteiger partial charge is 0.314 e. The Morgan fingerprint density at radius 1 is 1.35 bits per heavy atom. The van der Waals surface area contributed by atoms with Gasteiger partial charge >= 0.3 is 0 Å². The lowest BCUT2D eigenvalue weighted by Crippen LogP contribution is -2.17. The minimum absolute atomic E-state index is 0.269. The monoisotopic (exact) mass is 274 g/mol. The number of nitrogens with one attached hydrogen (secondary N) is 1. The Balaban J connectivity index is 2.22. The number of rotatable bonds is 5. The molecule has 2 rings (SSSR count). The van der Waals surface area contributed by atoms with Crippen LogP contribution in [-0.2, 0) is 6.54 Å². The zero-order valence-corrected chi connectivity index (χ0v) is 12.0. The fourth-order valence-electron chi connectivity index (χ4n) is 1.87. The van der Waals surface area contributed by atoms with Crippen LogP contribution in [-0.4, -0.2) is 23.6 Å². The number of aryl methyl sites for hydroxylation is 1. The Kier molecular flexibility index (Phi) is 4.63. The number of benzene rings is 1. The van der Waals surface area contributed by atoms with Crippen LogP contribution in [0.25, 0.3) is 0 Å². The second-order valence-electron chi connectivity index (χ2n) is 4.60. The van der Waals surface area contributed by atoms with Crippen LogP contribution >= 0.6 is 0 Å². The normalized spacial score (nSPS) is 10.6. The Morgan fingerprint density at radius 2 is 2.15 bits per heavy atom. The average molecular weight is 274 g/mol. The second-order valence-corrected chi connectivity index (χ2v) is 4.60. The van der Waals surface area contributed by atoms with E-state index < -0.39 is 0 Å². The van der Waals surface area contributed by atoms with Gasteiger partial charge in [0.05, 0.1) is 0 Å². The first kappa shape index (κ1) is 14.4. The van der Waals surface area contributed by atoms with Crippen LogP contribution < -0.4 is 10.2 Å². The highest BCUT2D eigenvalue weighted by Crippen LogP contribution is 2.21. The van der Waals surface area contributed by atoms with Crippen molar-refractivity contribution in [3.05, 3.63) is 47.5 Å². The molecule has 1 N–H and O–H groups in total. The zero-order chi connectivity index (χ0) is 14.5. The molecule has 0 bridgehead atoms. The lowest BCUT2D eigenvalue weighted by molar-refractivity contribution is 0.628. The maximum atomic E-state index is 13.3. The van der Waals surface area contributed by atoms with Gasteiger partial charge in [0.25, 0.3) is 0 Å². The smallest absolute Gasteiger partial charge is 0.229 e. The summed E-state index contributed by atoms with van der Waals surface area (Å²) in [6, 6.07) is 6.39. The van der Waals surface area contributed by atoms with Gasteiger partial charge in [-0.3, -0.25) is 0 Å². The molecular weight excluding hydrogens is 255 g/mol. The third kappa shape index (κ3) is 3.30. The van der Waals surface area contributed by atoms with E-state index in [0.717, 1.165) is 30.0 Å². The molecule has 1 heterocycles. The van der Waals surface area contributed by atoms with Crippen molar-refractivity contribution in [3.63, 3.8) is 0 Å². The second kappa shape index (κ2) is 6.43. The van der Waals surface area contributed by atoms with Gasteiger partial charge in [-0.05, 0) is 31.7 Å². The van der Waals surface area contributed by atoms with Crippen molar-refractivity contribution in [1.82, 2.24) is 15.3 Å². The molecule has 20 heavy (non-hydrogen) atoms. The number of hydrogen-bond donors (Lipinski definition) is 1. The first-order valence-electron chi connectivity index (χ1n) is 6.64. The minimum atomic E-state index is -0.269. The van der Waals surface area contributed by atoms with Crippen molar-refractivity contribution in [2.45, 2.75) is 20.4 Å². The van der Waals surface area contributed by atoms with Crippen LogP contribution in [0.2, 0.25) is 0 Å². The standard InChI is InChI=1S/C15H19FN4/c1-4-17-9-12-10-18-15(19-11(12)2)20(3)14-7-5-6-13(16)8-14/h5-8,10,17H,4,9H2,1-3H3.